The molecule has 42 heavy (non-hydrogen) atoms. The third-order valence-electron chi connectivity index (χ3n) is 6.18. The van der Waals surface area contributed by atoms with Crippen molar-refractivity contribution in [3.05, 3.63) is 167 Å². The minimum absolute atomic E-state index is 0.839. The van der Waals surface area contributed by atoms with Crippen molar-refractivity contribution in [1.29, 1.82) is 0 Å². The Balaban J connectivity index is 0.000000168. The normalized spacial score (nSPS) is 9.76. The molecule has 0 radical (unpaired) electrons. The lowest BCUT2D eigenvalue weighted by atomic mass is 10.1. The standard InChI is InChI=1S/2C19H14N2/c2*1-15-5-7-16(8-6-15)9-10-17-11-13-21-19(14-17)18-4-2-3-12-20-18/h2*2-8,11-14H,1H3. The maximum atomic E-state index is 4.35. The van der Waals surface area contributed by atoms with Gasteiger partial charge >= 0.3 is 0 Å². The molecule has 0 saturated heterocycles. The van der Waals surface area contributed by atoms with Crippen LogP contribution in [0.4, 0.5) is 0 Å². The molecule has 6 rings (SSSR count). The second kappa shape index (κ2) is 14.0. The van der Waals surface area contributed by atoms with Gasteiger partial charge in [-0.15, -0.1) is 0 Å². The van der Waals surface area contributed by atoms with Crippen LogP contribution in [0.1, 0.15) is 33.4 Å². The minimum Gasteiger partial charge on any atom is -0.255 e. The SMILES string of the molecule is Cc1ccc(C#Cc2ccnc(-c3ccccn3)c2)cc1.Cc1ccc(C#Cc2ccnc(-c3ccccn3)c2)cc1. The second-order valence-electron chi connectivity index (χ2n) is 9.52. The van der Waals surface area contributed by atoms with E-state index in [9.17, 15) is 0 Å². The van der Waals surface area contributed by atoms with Gasteiger partial charge in [-0.25, -0.2) is 0 Å². The van der Waals surface area contributed by atoms with Crippen molar-refractivity contribution in [1.82, 2.24) is 19.9 Å². The molecule has 4 heteroatoms. The van der Waals surface area contributed by atoms with Gasteiger partial charge in [0.05, 0.1) is 22.8 Å². The summed E-state index contributed by atoms with van der Waals surface area (Å²) < 4.78 is 0. The molecule has 0 spiro atoms. The lowest BCUT2D eigenvalue weighted by Gasteiger charge is -1.99. The summed E-state index contributed by atoms with van der Waals surface area (Å²) in [4.78, 5) is 17.3. The van der Waals surface area contributed by atoms with E-state index in [1.54, 1.807) is 24.8 Å². The van der Waals surface area contributed by atoms with Crippen molar-refractivity contribution in [3.8, 4) is 46.5 Å². The molecule has 0 aliphatic heterocycles. The first-order valence-electron chi connectivity index (χ1n) is 13.5. The van der Waals surface area contributed by atoms with Crippen molar-refractivity contribution >= 4 is 0 Å². The Morgan fingerprint density at radius 1 is 0.357 bits per heavy atom. The van der Waals surface area contributed by atoms with Crippen LogP contribution in [0.2, 0.25) is 0 Å². The molecule has 200 valence electrons. The number of hydrogen-bond acceptors (Lipinski definition) is 4. The van der Waals surface area contributed by atoms with Gasteiger partial charge in [-0.3, -0.25) is 19.9 Å². The average molecular weight is 541 g/mol. The Labute approximate surface area is 247 Å². The summed E-state index contributed by atoms with van der Waals surface area (Å²) in [6, 6.07) is 35.7. The van der Waals surface area contributed by atoms with Crippen molar-refractivity contribution in [3.63, 3.8) is 0 Å². The van der Waals surface area contributed by atoms with Gasteiger partial charge in [-0.2, -0.15) is 0 Å². The monoisotopic (exact) mass is 540 g/mol. The highest BCUT2D eigenvalue weighted by molar-refractivity contribution is 5.58. The third-order valence-corrected chi connectivity index (χ3v) is 6.18. The molecule has 0 fully saturated rings. The lowest BCUT2D eigenvalue weighted by molar-refractivity contribution is 1.24. The average Bonchev–Trinajstić information content (AvgIpc) is 3.06. The molecule has 0 aliphatic rings. The van der Waals surface area contributed by atoms with Gasteiger partial charge in [0.25, 0.3) is 0 Å². The molecular weight excluding hydrogens is 512 g/mol. The molecule has 6 aromatic rings. The summed E-state index contributed by atoms with van der Waals surface area (Å²) in [5, 5.41) is 0. The molecular formula is C38H28N4. The van der Waals surface area contributed by atoms with Gasteiger partial charge in [0, 0.05) is 47.0 Å². The molecule has 0 atom stereocenters. The van der Waals surface area contributed by atoms with E-state index in [4.69, 9.17) is 0 Å². The summed E-state index contributed by atoms with van der Waals surface area (Å²) in [5.74, 6) is 12.7. The van der Waals surface area contributed by atoms with E-state index in [0.29, 0.717) is 0 Å². The highest BCUT2D eigenvalue weighted by Gasteiger charge is 2.01. The number of benzene rings is 2. The van der Waals surface area contributed by atoms with Crippen molar-refractivity contribution < 1.29 is 0 Å². The zero-order chi connectivity index (χ0) is 29.0. The molecule has 4 aromatic heterocycles. The molecule has 0 aliphatic carbocycles. The van der Waals surface area contributed by atoms with E-state index >= 15 is 0 Å². The smallest absolute Gasteiger partial charge is 0.0898 e. The Kier molecular flexibility index (Phi) is 9.23. The van der Waals surface area contributed by atoms with Gasteiger partial charge in [0.15, 0.2) is 0 Å². The zero-order valence-electron chi connectivity index (χ0n) is 23.5. The van der Waals surface area contributed by atoms with E-state index < -0.39 is 0 Å². The fraction of sp³-hybridized carbons (Fsp3) is 0.0526. The summed E-state index contributed by atoms with van der Waals surface area (Å²) in [6.07, 6.45) is 7.07. The molecule has 4 heterocycles. The molecule has 0 amide bonds. The maximum absolute atomic E-state index is 4.35. The van der Waals surface area contributed by atoms with Gasteiger partial charge in [0.2, 0.25) is 0 Å². The van der Waals surface area contributed by atoms with Gasteiger partial charge in [-0.1, -0.05) is 71.2 Å². The first kappa shape index (κ1) is 27.7. The number of pyridine rings is 4. The highest BCUT2D eigenvalue weighted by atomic mass is 14.8. The van der Waals surface area contributed by atoms with Crippen molar-refractivity contribution in [2.45, 2.75) is 13.8 Å². The molecule has 2 aromatic carbocycles. The summed E-state index contributed by atoms with van der Waals surface area (Å²) in [5.41, 5.74) is 9.76. The largest absolute Gasteiger partial charge is 0.255 e. The predicted octanol–water partition coefficient (Wildman–Crippen LogP) is 7.70. The lowest BCUT2D eigenvalue weighted by Crippen LogP contribution is -1.87. The highest BCUT2D eigenvalue weighted by Crippen LogP contribution is 2.15. The first-order chi connectivity index (χ1) is 20.6. The van der Waals surface area contributed by atoms with E-state index in [0.717, 1.165) is 45.0 Å². The Morgan fingerprint density at radius 2 is 0.738 bits per heavy atom. The van der Waals surface area contributed by atoms with E-state index in [1.165, 1.54) is 11.1 Å². The van der Waals surface area contributed by atoms with Gasteiger partial charge in [-0.05, 0) is 86.6 Å². The van der Waals surface area contributed by atoms with Crippen LogP contribution >= 0.6 is 0 Å². The van der Waals surface area contributed by atoms with Crippen LogP contribution in [0.3, 0.4) is 0 Å². The van der Waals surface area contributed by atoms with Crippen LogP contribution in [-0.4, -0.2) is 19.9 Å². The summed E-state index contributed by atoms with van der Waals surface area (Å²) in [6.45, 7) is 4.14. The minimum atomic E-state index is 0.839. The quantitative estimate of drug-likeness (QED) is 0.211. The van der Waals surface area contributed by atoms with Crippen LogP contribution < -0.4 is 0 Å². The fourth-order valence-corrected chi connectivity index (χ4v) is 3.89. The number of aromatic nitrogens is 4. The van der Waals surface area contributed by atoms with E-state index in [-0.39, 0.29) is 0 Å². The Hall–Kier alpha value is -5.84. The Bertz CT molecular complexity index is 1730. The molecule has 4 nitrogen and oxygen atoms in total. The van der Waals surface area contributed by atoms with Crippen LogP contribution in [0, 0.1) is 37.5 Å². The van der Waals surface area contributed by atoms with Crippen molar-refractivity contribution in [2.75, 3.05) is 0 Å². The van der Waals surface area contributed by atoms with Gasteiger partial charge < -0.3 is 0 Å². The number of nitrogens with zero attached hydrogens (tertiary/aromatic N) is 4. The van der Waals surface area contributed by atoms with Gasteiger partial charge in [0.1, 0.15) is 0 Å². The van der Waals surface area contributed by atoms with Crippen molar-refractivity contribution in [2.24, 2.45) is 0 Å². The number of aryl methyl sites for hydroxylation is 2. The molecule has 0 unspecified atom stereocenters. The van der Waals surface area contributed by atoms with Crippen LogP contribution in [0.5, 0.6) is 0 Å². The third kappa shape index (κ3) is 8.09. The molecule has 0 saturated carbocycles. The van der Waals surface area contributed by atoms with E-state index in [2.05, 4.69) is 81.7 Å². The predicted molar refractivity (Wildman–Crippen MR) is 169 cm³/mol. The molecule has 0 N–H and O–H groups in total. The van der Waals surface area contributed by atoms with E-state index in [1.807, 2.05) is 84.9 Å². The van der Waals surface area contributed by atoms with Crippen LogP contribution in [0.25, 0.3) is 22.8 Å². The topological polar surface area (TPSA) is 51.6 Å². The second-order valence-corrected chi connectivity index (χ2v) is 9.52. The maximum Gasteiger partial charge on any atom is 0.0898 e. The zero-order valence-corrected chi connectivity index (χ0v) is 23.5. The number of rotatable bonds is 2. The Morgan fingerprint density at radius 3 is 1.12 bits per heavy atom. The number of hydrogen-bond donors (Lipinski definition) is 0. The summed E-state index contributed by atoms with van der Waals surface area (Å²) >= 11 is 0. The first-order valence-corrected chi connectivity index (χ1v) is 13.5. The summed E-state index contributed by atoms with van der Waals surface area (Å²) in [7, 11) is 0. The molecule has 0 bridgehead atoms. The van der Waals surface area contributed by atoms with Crippen LogP contribution in [-0.2, 0) is 0 Å². The fourth-order valence-electron chi connectivity index (χ4n) is 3.89. The van der Waals surface area contributed by atoms with Crippen LogP contribution in [0.15, 0.2) is 134 Å².